The third kappa shape index (κ3) is 2.76. The number of aromatic hydroxyl groups is 1. The minimum absolute atomic E-state index is 0.0852. The lowest BCUT2D eigenvalue weighted by Gasteiger charge is -2.07. The number of nitrogens with zero attached hydrogens (tertiary/aromatic N) is 2. The van der Waals surface area contributed by atoms with E-state index in [1.54, 1.807) is 6.92 Å². The first-order valence-corrected chi connectivity index (χ1v) is 8.40. The highest BCUT2D eigenvalue weighted by molar-refractivity contribution is 7.20. The zero-order valence-electron chi connectivity index (χ0n) is 13.0. The van der Waals surface area contributed by atoms with Gasteiger partial charge in [-0.25, -0.2) is 4.98 Å². The largest absolute Gasteiger partial charge is 0.506 e. The first kappa shape index (κ1) is 16.5. The minimum Gasteiger partial charge on any atom is -0.506 e. The summed E-state index contributed by atoms with van der Waals surface area (Å²) in [6.07, 6.45) is 1.48. The maximum Gasteiger partial charge on any atom is 0.266 e. The molecule has 0 unspecified atom stereocenters. The molecule has 1 aromatic carbocycles. The van der Waals surface area contributed by atoms with Crippen LogP contribution in [0, 0.1) is 6.92 Å². The summed E-state index contributed by atoms with van der Waals surface area (Å²) in [5.41, 5.74) is 0.624. The van der Waals surface area contributed by atoms with Gasteiger partial charge < -0.3 is 10.4 Å². The zero-order chi connectivity index (χ0) is 17.4. The lowest BCUT2D eigenvalue weighted by atomic mass is 10.2. The predicted molar refractivity (Wildman–Crippen MR) is 95.4 cm³/mol. The molecule has 124 valence electrons. The number of hydrogen-bond acceptors (Lipinski definition) is 5. The van der Waals surface area contributed by atoms with Crippen LogP contribution in [0.15, 0.2) is 29.3 Å². The van der Waals surface area contributed by atoms with E-state index >= 15 is 0 Å². The van der Waals surface area contributed by atoms with Gasteiger partial charge in [-0.3, -0.25) is 14.2 Å². The first-order valence-electron chi connectivity index (χ1n) is 7.20. The number of aromatic nitrogens is 2. The van der Waals surface area contributed by atoms with Crippen molar-refractivity contribution in [3.8, 4) is 5.75 Å². The Bertz CT molecular complexity index is 1010. The highest BCUT2D eigenvalue weighted by Crippen LogP contribution is 2.30. The van der Waals surface area contributed by atoms with Gasteiger partial charge in [0, 0.05) is 11.6 Å². The number of aryl methyl sites for hydroxylation is 2. The number of carbonyl (C=O) groups excluding carboxylic acids is 1. The van der Waals surface area contributed by atoms with Crippen LogP contribution in [-0.4, -0.2) is 20.6 Å². The summed E-state index contributed by atoms with van der Waals surface area (Å²) in [7, 11) is 0. The van der Waals surface area contributed by atoms with E-state index in [9.17, 15) is 14.7 Å². The van der Waals surface area contributed by atoms with Crippen molar-refractivity contribution in [2.24, 2.45) is 0 Å². The van der Waals surface area contributed by atoms with Crippen molar-refractivity contribution in [2.75, 3.05) is 5.32 Å². The lowest BCUT2D eigenvalue weighted by Crippen LogP contribution is -2.19. The second kappa shape index (κ2) is 6.26. The average Bonchev–Trinajstić information content (AvgIpc) is 2.89. The number of halogens is 1. The molecule has 0 spiro atoms. The van der Waals surface area contributed by atoms with Gasteiger partial charge in [0.2, 0.25) is 0 Å². The van der Waals surface area contributed by atoms with Crippen molar-refractivity contribution < 1.29 is 9.90 Å². The first-order chi connectivity index (χ1) is 11.4. The number of rotatable bonds is 3. The molecule has 2 N–H and O–H groups in total. The van der Waals surface area contributed by atoms with Crippen LogP contribution in [0.3, 0.4) is 0 Å². The molecule has 1 amide bonds. The Morgan fingerprint density at radius 2 is 2.21 bits per heavy atom. The molecule has 0 aliphatic rings. The fourth-order valence-corrected chi connectivity index (χ4v) is 3.60. The lowest BCUT2D eigenvalue weighted by molar-refractivity contribution is 0.102. The fourth-order valence-electron chi connectivity index (χ4n) is 2.39. The molecular formula is C16H14ClN3O3S. The minimum atomic E-state index is -0.421. The van der Waals surface area contributed by atoms with Crippen LogP contribution >= 0.6 is 22.9 Å². The number of hydrogen-bond donors (Lipinski definition) is 2. The van der Waals surface area contributed by atoms with Gasteiger partial charge >= 0.3 is 0 Å². The highest BCUT2D eigenvalue weighted by Gasteiger charge is 2.20. The molecule has 0 bridgehead atoms. The molecule has 3 aromatic rings. The van der Waals surface area contributed by atoms with Gasteiger partial charge in [0.15, 0.2) is 0 Å². The Balaban J connectivity index is 2.05. The monoisotopic (exact) mass is 363 g/mol. The van der Waals surface area contributed by atoms with E-state index in [4.69, 9.17) is 11.6 Å². The van der Waals surface area contributed by atoms with E-state index in [2.05, 4.69) is 10.3 Å². The van der Waals surface area contributed by atoms with Crippen LogP contribution in [-0.2, 0) is 6.54 Å². The van der Waals surface area contributed by atoms with E-state index in [1.165, 1.54) is 29.1 Å². The summed E-state index contributed by atoms with van der Waals surface area (Å²) < 4.78 is 1.49. The highest BCUT2D eigenvalue weighted by atomic mass is 35.5. The van der Waals surface area contributed by atoms with E-state index < -0.39 is 5.91 Å². The summed E-state index contributed by atoms with van der Waals surface area (Å²) in [5, 5.41) is 13.3. The molecule has 8 heteroatoms. The van der Waals surface area contributed by atoms with E-state index in [0.717, 1.165) is 11.3 Å². The number of thiophene rings is 1. The fraction of sp³-hybridized carbons (Fsp3) is 0.188. The van der Waals surface area contributed by atoms with Crippen LogP contribution in [0.4, 0.5) is 5.69 Å². The quantitative estimate of drug-likeness (QED) is 0.698. The normalized spacial score (nSPS) is 11.0. The standard InChI is InChI=1S/C16H14ClN3O3S/c1-3-20-7-18-15-12(16(20)23)8(2)13(24-15)14(22)19-10-6-9(17)4-5-11(10)21/h4-7,21H,3H2,1-2H3,(H,19,22). The maximum atomic E-state index is 12.5. The van der Waals surface area contributed by atoms with E-state index in [0.29, 0.717) is 32.2 Å². The van der Waals surface area contributed by atoms with Gasteiger partial charge in [0.05, 0.1) is 22.3 Å². The van der Waals surface area contributed by atoms with Crippen molar-refractivity contribution in [3.63, 3.8) is 0 Å². The molecule has 0 fully saturated rings. The van der Waals surface area contributed by atoms with Gasteiger partial charge in [-0.1, -0.05) is 11.6 Å². The van der Waals surface area contributed by atoms with Crippen molar-refractivity contribution in [3.05, 3.63) is 50.3 Å². The topological polar surface area (TPSA) is 84.2 Å². The molecule has 0 aliphatic carbocycles. The van der Waals surface area contributed by atoms with Crippen LogP contribution in [0.1, 0.15) is 22.2 Å². The van der Waals surface area contributed by atoms with Crippen LogP contribution < -0.4 is 10.9 Å². The number of benzene rings is 1. The molecule has 3 rings (SSSR count). The number of amides is 1. The molecule has 6 nitrogen and oxygen atoms in total. The Kier molecular flexibility index (Phi) is 4.29. The Labute approximate surface area is 146 Å². The summed E-state index contributed by atoms with van der Waals surface area (Å²) in [6, 6.07) is 4.38. The SMILES string of the molecule is CCn1cnc2sc(C(=O)Nc3cc(Cl)ccc3O)c(C)c2c1=O. The van der Waals surface area contributed by atoms with Crippen molar-refractivity contribution >= 4 is 44.7 Å². The summed E-state index contributed by atoms with van der Waals surface area (Å²) in [5.74, 6) is -0.506. The third-order valence-electron chi connectivity index (χ3n) is 3.67. The van der Waals surface area contributed by atoms with Crippen molar-refractivity contribution in [1.29, 1.82) is 0 Å². The second-order valence-corrected chi connectivity index (χ2v) is 6.62. The number of anilines is 1. The number of phenols is 1. The van der Waals surface area contributed by atoms with Crippen LogP contribution in [0.2, 0.25) is 5.02 Å². The molecule has 2 heterocycles. The Hall–Kier alpha value is -2.38. The molecule has 0 saturated carbocycles. The van der Waals surface area contributed by atoms with Gasteiger partial charge in [0.25, 0.3) is 11.5 Å². The maximum absolute atomic E-state index is 12.5. The van der Waals surface area contributed by atoms with Gasteiger partial charge in [0.1, 0.15) is 10.6 Å². The molecule has 24 heavy (non-hydrogen) atoms. The molecule has 0 atom stereocenters. The predicted octanol–water partition coefficient (Wildman–Crippen LogP) is 3.40. The third-order valence-corrected chi connectivity index (χ3v) is 5.10. The smallest absolute Gasteiger partial charge is 0.266 e. The zero-order valence-corrected chi connectivity index (χ0v) is 14.5. The Morgan fingerprint density at radius 3 is 2.92 bits per heavy atom. The number of nitrogens with one attached hydrogen (secondary N) is 1. The van der Waals surface area contributed by atoms with E-state index in [-0.39, 0.29) is 17.0 Å². The average molecular weight is 364 g/mol. The summed E-state index contributed by atoms with van der Waals surface area (Å²) in [4.78, 5) is 30.1. The summed E-state index contributed by atoms with van der Waals surface area (Å²) in [6.45, 7) is 4.08. The second-order valence-electron chi connectivity index (χ2n) is 5.19. The van der Waals surface area contributed by atoms with Crippen LogP contribution in [0.5, 0.6) is 5.75 Å². The van der Waals surface area contributed by atoms with Gasteiger partial charge in [-0.05, 0) is 37.6 Å². The van der Waals surface area contributed by atoms with E-state index in [1.807, 2.05) is 6.92 Å². The summed E-state index contributed by atoms with van der Waals surface area (Å²) >= 11 is 7.03. The molecule has 2 aromatic heterocycles. The van der Waals surface area contributed by atoms with Gasteiger partial charge in [-0.2, -0.15) is 0 Å². The molecule has 0 aliphatic heterocycles. The molecule has 0 radical (unpaired) electrons. The number of phenolic OH excluding ortho intramolecular Hbond substituents is 1. The number of carbonyl (C=O) groups is 1. The number of fused-ring (bicyclic) bond motifs is 1. The molecule has 0 saturated heterocycles. The van der Waals surface area contributed by atoms with Crippen molar-refractivity contribution in [1.82, 2.24) is 9.55 Å². The molecular weight excluding hydrogens is 350 g/mol. The van der Waals surface area contributed by atoms with Gasteiger partial charge in [-0.15, -0.1) is 11.3 Å². The van der Waals surface area contributed by atoms with Crippen LogP contribution in [0.25, 0.3) is 10.2 Å². The van der Waals surface area contributed by atoms with Crippen molar-refractivity contribution in [2.45, 2.75) is 20.4 Å². The Morgan fingerprint density at radius 1 is 1.46 bits per heavy atom.